The Labute approximate surface area is 89.5 Å². The number of hydrogen-bond acceptors (Lipinski definition) is 3. The van der Waals surface area contributed by atoms with E-state index in [-0.39, 0.29) is 0 Å². The fraction of sp³-hybridized carbons (Fsp3) is 0.727. The Balaban J connectivity index is 1.88. The second-order valence-corrected chi connectivity index (χ2v) is 4.14. The molecule has 4 heteroatoms. The third kappa shape index (κ3) is 2.58. The summed E-state index contributed by atoms with van der Waals surface area (Å²) in [5.41, 5.74) is 0. The summed E-state index contributed by atoms with van der Waals surface area (Å²) in [7, 11) is 0. The molecule has 1 N–H and O–H groups in total. The lowest BCUT2D eigenvalue weighted by Gasteiger charge is -2.36. The largest absolute Gasteiger partial charge is 0.478 e. The molecule has 2 rings (SSSR count). The van der Waals surface area contributed by atoms with Gasteiger partial charge in [-0.25, -0.2) is 4.79 Å². The van der Waals surface area contributed by atoms with Crippen molar-refractivity contribution in [1.82, 2.24) is 4.90 Å². The van der Waals surface area contributed by atoms with Crippen molar-refractivity contribution in [2.45, 2.75) is 31.4 Å². The van der Waals surface area contributed by atoms with Crippen molar-refractivity contribution in [2.24, 2.45) is 0 Å². The number of morpholine rings is 1. The number of fused-ring (bicyclic) bond motifs is 1. The molecule has 1 saturated heterocycles. The van der Waals surface area contributed by atoms with E-state index in [1.54, 1.807) is 6.08 Å². The van der Waals surface area contributed by atoms with Gasteiger partial charge in [0, 0.05) is 25.2 Å². The Morgan fingerprint density at radius 3 is 3.20 bits per heavy atom. The average Bonchev–Trinajstić information content (AvgIpc) is 2.65. The van der Waals surface area contributed by atoms with E-state index in [9.17, 15) is 4.79 Å². The molecule has 0 aromatic rings. The van der Waals surface area contributed by atoms with E-state index in [2.05, 4.69) is 4.90 Å². The Morgan fingerprint density at radius 2 is 2.40 bits per heavy atom. The Bertz CT molecular complexity index is 265. The average molecular weight is 211 g/mol. The molecule has 1 saturated carbocycles. The number of carboxylic acids is 1. The van der Waals surface area contributed by atoms with E-state index >= 15 is 0 Å². The number of aliphatic carboxylic acids is 1. The van der Waals surface area contributed by atoms with Gasteiger partial charge in [0.15, 0.2) is 0 Å². The fourth-order valence-electron chi connectivity index (χ4n) is 2.52. The van der Waals surface area contributed by atoms with Crippen LogP contribution in [0.4, 0.5) is 0 Å². The first-order valence-electron chi connectivity index (χ1n) is 5.52. The first-order valence-corrected chi connectivity index (χ1v) is 5.52. The van der Waals surface area contributed by atoms with Crippen molar-refractivity contribution in [1.29, 1.82) is 0 Å². The second kappa shape index (κ2) is 4.77. The number of hydrogen-bond donors (Lipinski definition) is 1. The minimum absolute atomic E-state index is 0.386. The van der Waals surface area contributed by atoms with E-state index in [0.717, 1.165) is 26.1 Å². The van der Waals surface area contributed by atoms with Crippen LogP contribution in [0.25, 0.3) is 0 Å². The summed E-state index contributed by atoms with van der Waals surface area (Å²) in [5.74, 6) is -0.869. The summed E-state index contributed by atoms with van der Waals surface area (Å²) < 4.78 is 5.68. The normalized spacial score (nSPS) is 32.0. The number of nitrogens with zero attached hydrogens (tertiary/aromatic N) is 1. The SMILES string of the molecule is O=C(O)C=CCN1CCOC2CCCC21. The molecule has 0 amide bonds. The third-order valence-electron chi connectivity index (χ3n) is 3.20. The van der Waals surface area contributed by atoms with E-state index in [0.29, 0.717) is 12.1 Å². The van der Waals surface area contributed by atoms with Gasteiger partial charge in [0.25, 0.3) is 0 Å². The van der Waals surface area contributed by atoms with Crippen molar-refractivity contribution in [3.05, 3.63) is 12.2 Å². The third-order valence-corrected chi connectivity index (χ3v) is 3.20. The minimum Gasteiger partial charge on any atom is -0.478 e. The minimum atomic E-state index is -0.869. The van der Waals surface area contributed by atoms with Gasteiger partial charge >= 0.3 is 5.97 Å². The van der Waals surface area contributed by atoms with E-state index in [4.69, 9.17) is 9.84 Å². The molecule has 0 spiro atoms. The highest BCUT2D eigenvalue weighted by Crippen LogP contribution is 2.29. The molecular formula is C11H17NO3. The fourth-order valence-corrected chi connectivity index (χ4v) is 2.52. The topological polar surface area (TPSA) is 49.8 Å². The smallest absolute Gasteiger partial charge is 0.328 e. The lowest BCUT2D eigenvalue weighted by atomic mass is 10.1. The molecule has 1 aliphatic carbocycles. The van der Waals surface area contributed by atoms with Crippen LogP contribution < -0.4 is 0 Å². The van der Waals surface area contributed by atoms with Crippen LogP contribution in [0.1, 0.15) is 19.3 Å². The molecule has 4 nitrogen and oxygen atoms in total. The number of carbonyl (C=O) groups is 1. The predicted molar refractivity (Wildman–Crippen MR) is 55.7 cm³/mol. The Kier molecular flexibility index (Phi) is 3.38. The maximum Gasteiger partial charge on any atom is 0.328 e. The molecule has 1 aliphatic heterocycles. The molecule has 2 fully saturated rings. The molecule has 0 bridgehead atoms. The molecule has 2 atom stereocenters. The number of carboxylic acid groups (broad SMARTS) is 1. The molecule has 1 heterocycles. The zero-order valence-corrected chi connectivity index (χ0v) is 8.76. The van der Waals surface area contributed by atoms with Gasteiger partial charge in [-0.1, -0.05) is 6.08 Å². The quantitative estimate of drug-likeness (QED) is 0.704. The van der Waals surface area contributed by atoms with E-state index in [1.165, 1.54) is 18.9 Å². The molecule has 0 aromatic heterocycles. The standard InChI is InChI=1S/C11H17NO3/c13-11(14)5-2-6-12-7-8-15-10-4-1-3-9(10)12/h2,5,9-10H,1,3-4,6-8H2,(H,13,14). The van der Waals surface area contributed by atoms with E-state index in [1.807, 2.05) is 0 Å². The highest BCUT2D eigenvalue weighted by molar-refractivity contribution is 5.79. The van der Waals surface area contributed by atoms with Gasteiger partial charge in [0.2, 0.25) is 0 Å². The summed E-state index contributed by atoms with van der Waals surface area (Å²) in [4.78, 5) is 12.7. The van der Waals surface area contributed by atoms with Crippen molar-refractivity contribution >= 4 is 5.97 Å². The van der Waals surface area contributed by atoms with Crippen molar-refractivity contribution in [2.75, 3.05) is 19.7 Å². The van der Waals surface area contributed by atoms with Gasteiger partial charge in [-0.3, -0.25) is 4.90 Å². The second-order valence-electron chi connectivity index (χ2n) is 4.14. The molecule has 0 aromatic carbocycles. The molecular weight excluding hydrogens is 194 g/mol. The number of ether oxygens (including phenoxy) is 1. The zero-order valence-electron chi connectivity index (χ0n) is 8.76. The summed E-state index contributed by atoms with van der Waals surface area (Å²) in [6.07, 6.45) is 6.91. The van der Waals surface area contributed by atoms with Gasteiger partial charge in [-0.2, -0.15) is 0 Å². The van der Waals surface area contributed by atoms with Crippen LogP contribution in [-0.2, 0) is 9.53 Å². The van der Waals surface area contributed by atoms with Crippen LogP contribution >= 0.6 is 0 Å². The predicted octanol–water partition coefficient (Wildman–Crippen LogP) is 0.880. The molecule has 15 heavy (non-hydrogen) atoms. The van der Waals surface area contributed by atoms with Gasteiger partial charge in [-0.05, 0) is 19.3 Å². The van der Waals surface area contributed by atoms with Gasteiger partial charge in [0.1, 0.15) is 0 Å². The highest BCUT2D eigenvalue weighted by Gasteiger charge is 2.35. The van der Waals surface area contributed by atoms with Crippen LogP contribution in [0, 0.1) is 0 Å². The van der Waals surface area contributed by atoms with Crippen LogP contribution in [0.3, 0.4) is 0 Å². The van der Waals surface area contributed by atoms with Crippen molar-refractivity contribution < 1.29 is 14.6 Å². The lowest BCUT2D eigenvalue weighted by molar-refractivity contribution is -0.131. The van der Waals surface area contributed by atoms with Crippen LogP contribution in [0.5, 0.6) is 0 Å². The molecule has 2 unspecified atom stereocenters. The molecule has 0 radical (unpaired) electrons. The number of rotatable bonds is 3. The monoisotopic (exact) mass is 211 g/mol. The summed E-state index contributed by atoms with van der Waals surface area (Å²) in [5, 5.41) is 8.50. The first-order chi connectivity index (χ1) is 7.27. The van der Waals surface area contributed by atoms with Crippen molar-refractivity contribution in [3.63, 3.8) is 0 Å². The van der Waals surface area contributed by atoms with Crippen molar-refractivity contribution in [3.8, 4) is 0 Å². The Hall–Kier alpha value is -0.870. The maximum absolute atomic E-state index is 10.3. The first kappa shape index (κ1) is 10.6. The maximum atomic E-state index is 10.3. The zero-order chi connectivity index (χ0) is 10.7. The van der Waals surface area contributed by atoms with Crippen LogP contribution in [0.15, 0.2) is 12.2 Å². The molecule has 84 valence electrons. The van der Waals surface area contributed by atoms with Crippen LogP contribution in [-0.4, -0.2) is 47.8 Å². The molecule has 2 aliphatic rings. The van der Waals surface area contributed by atoms with Gasteiger partial charge < -0.3 is 9.84 Å². The lowest BCUT2D eigenvalue weighted by Crippen LogP contribution is -2.48. The summed E-state index contributed by atoms with van der Waals surface area (Å²) in [6, 6.07) is 0.511. The summed E-state index contributed by atoms with van der Waals surface area (Å²) >= 11 is 0. The summed E-state index contributed by atoms with van der Waals surface area (Å²) in [6.45, 7) is 2.43. The van der Waals surface area contributed by atoms with Crippen LogP contribution in [0.2, 0.25) is 0 Å². The van der Waals surface area contributed by atoms with Gasteiger partial charge in [0.05, 0.1) is 12.7 Å². The highest BCUT2D eigenvalue weighted by atomic mass is 16.5. The Morgan fingerprint density at radius 1 is 1.53 bits per heavy atom. The van der Waals surface area contributed by atoms with E-state index < -0.39 is 5.97 Å². The van der Waals surface area contributed by atoms with Gasteiger partial charge in [-0.15, -0.1) is 0 Å².